The molecule has 8 N–H and O–H groups in total. The topological polar surface area (TPSA) is 283 Å². The van der Waals surface area contributed by atoms with Gasteiger partial charge in [0.1, 0.15) is 22.7 Å². The van der Waals surface area contributed by atoms with Crippen molar-refractivity contribution in [1.29, 1.82) is 0 Å². The number of aromatic nitrogens is 2. The van der Waals surface area contributed by atoms with E-state index in [1.807, 2.05) is 0 Å². The zero-order valence-electron chi connectivity index (χ0n) is 41.2. The van der Waals surface area contributed by atoms with E-state index in [0.29, 0.717) is 77.7 Å². The van der Waals surface area contributed by atoms with Crippen molar-refractivity contribution < 1.29 is 59.3 Å². The number of rotatable bonds is 14. The van der Waals surface area contributed by atoms with Gasteiger partial charge in [0.05, 0.1) is 47.0 Å². The number of nitrogens with zero attached hydrogens (tertiary/aromatic N) is 2. The third-order valence-electron chi connectivity index (χ3n) is 12.3. The Hall–Kier alpha value is -6.17. The van der Waals surface area contributed by atoms with Crippen molar-refractivity contribution in [3.05, 3.63) is 106 Å². The van der Waals surface area contributed by atoms with E-state index in [-0.39, 0.29) is 50.6 Å². The Kier molecular flexibility index (Phi) is 14.0. The molecule has 0 aliphatic carbocycles. The van der Waals surface area contributed by atoms with Crippen LogP contribution in [0.15, 0.2) is 72.8 Å². The maximum absolute atomic E-state index is 15.7. The molecule has 2 aliphatic rings. The summed E-state index contributed by atoms with van der Waals surface area (Å²) < 4.78 is 76.6. The SMILES string of the molecule is CC(C)(C)OC(=O)n1c(-c2ccc(OS(C)(=O)=O)c3c2C(C(=O)C2NCc4c(OS(C)(=O)=O)ccc(-c5cc6cc(C(N)CCO)ccc6n5C(=O)OC(C)(C)C)c42)NC3)cc2cc(C(N)CCO)ccc21. The summed E-state index contributed by atoms with van der Waals surface area (Å²) in [6.07, 6.45) is 0.878. The summed E-state index contributed by atoms with van der Waals surface area (Å²) in [5.41, 5.74) is 15.7. The van der Waals surface area contributed by atoms with Gasteiger partial charge in [-0.15, -0.1) is 0 Å². The fourth-order valence-corrected chi connectivity index (χ4v) is 10.4. The molecular weight excluding hydrogens is 969 g/mol. The molecule has 4 heterocycles. The van der Waals surface area contributed by atoms with Crippen LogP contribution in [0.3, 0.4) is 0 Å². The Morgan fingerprint density at radius 2 is 1.00 bits per heavy atom. The molecule has 4 unspecified atom stereocenters. The minimum Gasteiger partial charge on any atom is -0.443 e. The van der Waals surface area contributed by atoms with Crippen LogP contribution in [0.25, 0.3) is 44.3 Å². The first-order valence-electron chi connectivity index (χ1n) is 23.3. The Labute approximate surface area is 417 Å². The van der Waals surface area contributed by atoms with Gasteiger partial charge in [-0.25, -0.2) is 18.7 Å². The molecule has 0 saturated carbocycles. The van der Waals surface area contributed by atoms with Gasteiger partial charge in [0.25, 0.3) is 0 Å². The van der Waals surface area contributed by atoms with Gasteiger partial charge in [-0.2, -0.15) is 16.8 Å². The number of hydrogen-bond acceptors (Lipinski definition) is 17. The number of aliphatic hydroxyl groups is 2. The molecule has 72 heavy (non-hydrogen) atoms. The first-order chi connectivity index (χ1) is 33.7. The summed E-state index contributed by atoms with van der Waals surface area (Å²) in [6.45, 7) is 9.92. The quantitative estimate of drug-likeness (QED) is 0.0635. The van der Waals surface area contributed by atoms with Crippen molar-refractivity contribution in [1.82, 2.24) is 19.8 Å². The average molecular weight is 1030 g/mol. The average Bonchev–Trinajstić information content (AvgIpc) is 4.07. The van der Waals surface area contributed by atoms with Gasteiger partial charge >= 0.3 is 32.4 Å². The number of hydrogen-bond donors (Lipinski definition) is 6. The van der Waals surface area contributed by atoms with E-state index < -0.39 is 73.6 Å². The van der Waals surface area contributed by atoms with Crippen molar-refractivity contribution >= 4 is 60.0 Å². The van der Waals surface area contributed by atoms with Gasteiger partial charge < -0.3 is 39.5 Å². The van der Waals surface area contributed by atoms with Gasteiger partial charge in [0.15, 0.2) is 5.78 Å². The van der Waals surface area contributed by atoms with E-state index in [9.17, 15) is 36.6 Å². The minimum atomic E-state index is -4.11. The monoisotopic (exact) mass is 1030 g/mol. The molecule has 0 saturated heterocycles. The lowest BCUT2D eigenvalue weighted by atomic mass is 9.87. The first kappa shape index (κ1) is 52.2. The van der Waals surface area contributed by atoms with E-state index in [1.54, 1.807) is 102 Å². The number of nitrogens with one attached hydrogen (secondary N) is 2. The second kappa shape index (κ2) is 19.4. The lowest BCUT2D eigenvalue weighted by Crippen LogP contribution is -2.32. The summed E-state index contributed by atoms with van der Waals surface area (Å²) in [4.78, 5) is 44.4. The summed E-state index contributed by atoms with van der Waals surface area (Å²) >= 11 is 0. The van der Waals surface area contributed by atoms with Crippen LogP contribution in [0.4, 0.5) is 9.59 Å². The molecule has 4 atom stereocenters. The largest absolute Gasteiger partial charge is 0.443 e. The number of carbonyl (C=O) groups is 3. The summed E-state index contributed by atoms with van der Waals surface area (Å²) in [7, 11) is -8.21. The molecule has 6 aromatic rings. The minimum absolute atomic E-state index is 0.0551. The third kappa shape index (κ3) is 10.6. The fraction of sp³-hybridized carbons (Fsp3) is 0.392. The van der Waals surface area contributed by atoms with Gasteiger partial charge in [0, 0.05) is 71.4 Å². The number of carbonyl (C=O) groups excluding carboxylic acids is 3. The number of ketones is 1. The van der Waals surface area contributed by atoms with E-state index in [4.69, 9.17) is 29.3 Å². The number of Topliss-reactive ketones (excluding diaryl/α,β-unsaturated/α-hetero) is 1. The van der Waals surface area contributed by atoms with Gasteiger partial charge in [-0.05, 0) is 137 Å². The van der Waals surface area contributed by atoms with Gasteiger partial charge in [-0.1, -0.05) is 12.1 Å². The highest BCUT2D eigenvalue weighted by Crippen LogP contribution is 2.48. The summed E-state index contributed by atoms with van der Waals surface area (Å²) in [5.74, 6) is -0.613. The summed E-state index contributed by atoms with van der Waals surface area (Å²) in [5, 5.41) is 27.0. The number of fused-ring (bicyclic) bond motifs is 4. The van der Waals surface area contributed by atoms with Crippen molar-refractivity contribution in [2.24, 2.45) is 11.5 Å². The zero-order chi connectivity index (χ0) is 52.4. The van der Waals surface area contributed by atoms with Crippen LogP contribution in [0.5, 0.6) is 11.5 Å². The van der Waals surface area contributed by atoms with E-state index in [1.165, 1.54) is 21.3 Å². The Morgan fingerprint density at radius 1 is 0.625 bits per heavy atom. The Morgan fingerprint density at radius 3 is 1.33 bits per heavy atom. The van der Waals surface area contributed by atoms with E-state index >= 15 is 4.79 Å². The smallest absolute Gasteiger partial charge is 0.419 e. The second-order valence-electron chi connectivity index (χ2n) is 20.2. The first-order valence-corrected chi connectivity index (χ1v) is 26.9. The molecular formula is C51H60N6O13S2. The Balaban J connectivity index is 1.35. The van der Waals surface area contributed by atoms with E-state index in [0.717, 1.165) is 12.5 Å². The fourth-order valence-electron chi connectivity index (χ4n) is 9.45. The molecule has 4 aromatic carbocycles. The number of nitrogens with two attached hydrogens (primary N) is 2. The van der Waals surface area contributed by atoms with Crippen molar-refractivity contribution in [3.63, 3.8) is 0 Å². The molecule has 19 nitrogen and oxygen atoms in total. The van der Waals surface area contributed by atoms with Gasteiger partial charge in [-0.3, -0.25) is 15.4 Å². The molecule has 2 aliphatic heterocycles. The standard InChI is InChI=1S/C51H60N6O13S2/c1-50(2,3)67-48(61)56-37-13-9-27(35(52)17-19-58)21-29(37)23-39(56)31-11-15-41(69-71(7,63)64)33-25-54-45(43(31)33)47(60)46-44-32(12-16-42(34(44)26-55-46)70-72(8,65)66)40-24-30-22-28(36(53)18-20-59)10-14-38(30)57(40)49(62)68-51(4,5)6/h9-16,21-24,35-36,45-46,54-55,58-59H,17-20,25-26,52-53H2,1-8H3. The highest BCUT2D eigenvalue weighted by atomic mass is 32.2. The van der Waals surface area contributed by atoms with Crippen molar-refractivity contribution in [2.45, 2.75) is 103 Å². The molecule has 0 spiro atoms. The maximum atomic E-state index is 15.7. The maximum Gasteiger partial charge on any atom is 0.419 e. The van der Waals surface area contributed by atoms with Crippen LogP contribution in [0.1, 0.15) is 112 Å². The highest BCUT2D eigenvalue weighted by molar-refractivity contribution is 7.86. The van der Waals surface area contributed by atoms with Crippen LogP contribution in [-0.4, -0.2) is 91.1 Å². The van der Waals surface area contributed by atoms with E-state index in [2.05, 4.69) is 10.6 Å². The van der Waals surface area contributed by atoms with Crippen LogP contribution in [0, 0.1) is 0 Å². The number of benzene rings is 4. The van der Waals surface area contributed by atoms with Gasteiger partial charge in [0.2, 0.25) is 0 Å². The predicted octanol–water partition coefficient (Wildman–Crippen LogP) is 6.50. The van der Waals surface area contributed by atoms with Crippen LogP contribution >= 0.6 is 0 Å². The highest BCUT2D eigenvalue weighted by Gasteiger charge is 2.43. The molecule has 384 valence electrons. The third-order valence-corrected chi connectivity index (χ3v) is 13.3. The molecule has 0 radical (unpaired) electrons. The molecule has 0 fully saturated rings. The van der Waals surface area contributed by atoms with Crippen molar-refractivity contribution in [3.8, 4) is 34.0 Å². The van der Waals surface area contributed by atoms with Crippen LogP contribution < -0.4 is 30.5 Å². The van der Waals surface area contributed by atoms with Crippen molar-refractivity contribution in [2.75, 3.05) is 25.7 Å². The molecule has 2 aromatic heterocycles. The van der Waals surface area contributed by atoms with Crippen LogP contribution in [-0.2, 0) is 47.6 Å². The number of aliphatic hydroxyl groups excluding tert-OH is 2. The molecule has 0 amide bonds. The summed E-state index contributed by atoms with van der Waals surface area (Å²) in [6, 6.07) is 16.6. The normalized spacial score (nSPS) is 16.9. The Bertz CT molecular complexity index is 3170. The molecule has 0 bridgehead atoms. The predicted molar refractivity (Wildman–Crippen MR) is 270 cm³/mol. The molecule has 8 rings (SSSR count). The second-order valence-corrected chi connectivity index (χ2v) is 23.3. The molecule has 21 heteroatoms. The van der Waals surface area contributed by atoms with Crippen LogP contribution in [0.2, 0.25) is 0 Å². The number of ether oxygens (including phenoxy) is 2. The lowest BCUT2D eigenvalue weighted by Gasteiger charge is -2.24. The lowest BCUT2D eigenvalue weighted by molar-refractivity contribution is -0.123. The zero-order valence-corrected chi connectivity index (χ0v) is 42.9.